The van der Waals surface area contributed by atoms with Gasteiger partial charge in [0.05, 0.1) is 27.0 Å². The molecule has 4 rings (SSSR count). The topological polar surface area (TPSA) is 129 Å². The summed E-state index contributed by atoms with van der Waals surface area (Å²) < 4.78 is 21.8. The molecule has 2 amide bonds. The van der Waals surface area contributed by atoms with Crippen LogP contribution >= 0.6 is 0 Å². The van der Waals surface area contributed by atoms with Crippen LogP contribution in [-0.4, -0.2) is 44.2 Å². The molecular formula is C22H22N4O6. The first-order valence-electron chi connectivity index (χ1n) is 9.80. The van der Waals surface area contributed by atoms with E-state index in [0.717, 1.165) is 5.56 Å². The Balaban J connectivity index is 1.52. The van der Waals surface area contributed by atoms with E-state index in [1.165, 1.54) is 31.4 Å². The predicted molar refractivity (Wildman–Crippen MR) is 116 cm³/mol. The zero-order valence-corrected chi connectivity index (χ0v) is 17.6. The number of ether oxygens (including phenoxy) is 3. The molecule has 1 aliphatic heterocycles. The summed E-state index contributed by atoms with van der Waals surface area (Å²) in [4.78, 5) is 31.0. The Morgan fingerprint density at radius 2 is 1.97 bits per heavy atom. The molecule has 10 heteroatoms. The summed E-state index contributed by atoms with van der Waals surface area (Å²) in [6, 6.07) is 8.09. The molecule has 10 nitrogen and oxygen atoms in total. The number of carbonyl (C=O) groups is 2. The van der Waals surface area contributed by atoms with Crippen molar-refractivity contribution in [3.05, 3.63) is 59.6 Å². The van der Waals surface area contributed by atoms with Crippen molar-refractivity contribution in [2.45, 2.75) is 6.54 Å². The number of amides is 2. The van der Waals surface area contributed by atoms with Crippen LogP contribution in [0.15, 0.2) is 47.1 Å². The van der Waals surface area contributed by atoms with Crippen molar-refractivity contribution < 1.29 is 28.2 Å². The van der Waals surface area contributed by atoms with Gasteiger partial charge in [-0.2, -0.15) is 0 Å². The Morgan fingerprint density at radius 1 is 1.19 bits per heavy atom. The van der Waals surface area contributed by atoms with Crippen molar-refractivity contribution in [1.29, 1.82) is 0 Å². The van der Waals surface area contributed by atoms with Gasteiger partial charge in [0.25, 0.3) is 11.8 Å². The number of pyridine rings is 1. The highest BCUT2D eigenvalue weighted by Crippen LogP contribution is 2.37. The SMILES string of the molecule is COc1cc2c(cc1OC)C(=O)N(c1ccc(C(=O)Nc3cnccc3OCCN)o1)C2. The summed E-state index contributed by atoms with van der Waals surface area (Å²) >= 11 is 0. The molecule has 0 bridgehead atoms. The van der Waals surface area contributed by atoms with E-state index in [1.54, 1.807) is 30.5 Å². The first kappa shape index (κ1) is 21.2. The van der Waals surface area contributed by atoms with Crippen LogP contribution in [0.2, 0.25) is 0 Å². The molecule has 0 fully saturated rings. The van der Waals surface area contributed by atoms with Gasteiger partial charge in [-0.15, -0.1) is 0 Å². The second kappa shape index (κ2) is 8.98. The van der Waals surface area contributed by atoms with Gasteiger partial charge in [-0.1, -0.05) is 0 Å². The Kier molecular flexibility index (Phi) is 5.95. The molecule has 1 aromatic carbocycles. The molecule has 0 saturated heterocycles. The predicted octanol–water partition coefficient (Wildman–Crippen LogP) is 2.44. The normalized spacial score (nSPS) is 12.5. The van der Waals surface area contributed by atoms with E-state index >= 15 is 0 Å². The Morgan fingerprint density at radius 3 is 2.72 bits per heavy atom. The van der Waals surface area contributed by atoms with Crippen LogP contribution in [0.1, 0.15) is 26.5 Å². The number of hydrogen-bond acceptors (Lipinski definition) is 8. The van der Waals surface area contributed by atoms with Gasteiger partial charge in [0.1, 0.15) is 18.0 Å². The van der Waals surface area contributed by atoms with E-state index in [4.69, 9.17) is 24.4 Å². The molecule has 166 valence electrons. The second-order valence-electron chi connectivity index (χ2n) is 6.86. The number of hydrogen-bond donors (Lipinski definition) is 2. The number of methoxy groups -OCH3 is 2. The molecule has 0 atom stereocenters. The van der Waals surface area contributed by atoms with E-state index in [0.29, 0.717) is 41.7 Å². The lowest BCUT2D eigenvalue weighted by Gasteiger charge is -2.12. The first-order chi connectivity index (χ1) is 15.5. The maximum atomic E-state index is 12.9. The van der Waals surface area contributed by atoms with Crippen LogP contribution < -0.4 is 30.2 Å². The Bertz CT molecular complexity index is 1160. The quantitative estimate of drug-likeness (QED) is 0.549. The van der Waals surface area contributed by atoms with E-state index in [1.807, 2.05) is 0 Å². The summed E-state index contributed by atoms with van der Waals surface area (Å²) in [7, 11) is 3.04. The number of anilines is 2. The molecular weight excluding hydrogens is 416 g/mol. The van der Waals surface area contributed by atoms with Crippen molar-refractivity contribution in [3.63, 3.8) is 0 Å². The molecule has 32 heavy (non-hydrogen) atoms. The van der Waals surface area contributed by atoms with Gasteiger partial charge in [-0.3, -0.25) is 19.5 Å². The minimum Gasteiger partial charge on any atom is -0.493 e. The van der Waals surface area contributed by atoms with Crippen LogP contribution in [0.25, 0.3) is 0 Å². The summed E-state index contributed by atoms with van der Waals surface area (Å²) in [6.07, 6.45) is 3.02. The van der Waals surface area contributed by atoms with E-state index in [2.05, 4.69) is 10.3 Å². The van der Waals surface area contributed by atoms with Gasteiger partial charge < -0.3 is 29.7 Å². The fraction of sp³-hybridized carbons (Fsp3) is 0.227. The minimum atomic E-state index is -0.505. The molecule has 1 aliphatic rings. The number of nitrogens with two attached hydrogens (primary N) is 1. The standard InChI is InChI=1S/C22H22N4O6/c1-29-18-9-13-12-26(22(28)14(13)10-19(18)30-2)20-4-3-17(32-20)21(27)25-15-11-24-7-5-16(15)31-8-6-23/h3-5,7,9-11H,6,8,12,23H2,1-2H3,(H,25,27). The Labute approximate surface area is 183 Å². The monoisotopic (exact) mass is 438 g/mol. The van der Waals surface area contributed by atoms with Crippen molar-refractivity contribution in [2.24, 2.45) is 5.73 Å². The third-order valence-corrected chi connectivity index (χ3v) is 4.90. The molecule has 3 heterocycles. The molecule has 2 aromatic heterocycles. The molecule has 0 unspecified atom stereocenters. The largest absolute Gasteiger partial charge is 0.493 e. The molecule has 3 aromatic rings. The fourth-order valence-electron chi connectivity index (χ4n) is 3.37. The lowest BCUT2D eigenvalue weighted by molar-refractivity contribution is 0.0974. The first-order valence-corrected chi connectivity index (χ1v) is 9.80. The molecule has 3 N–H and O–H groups in total. The smallest absolute Gasteiger partial charge is 0.291 e. The third-order valence-electron chi connectivity index (χ3n) is 4.90. The van der Waals surface area contributed by atoms with Crippen molar-refractivity contribution in [2.75, 3.05) is 37.6 Å². The van der Waals surface area contributed by atoms with Gasteiger partial charge in [0.15, 0.2) is 17.3 Å². The van der Waals surface area contributed by atoms with Crippen molar-refractivity contribution >= 4 is 23.4 Å². The summed E-state index contributed by atoms with van der Waals surface area (Å²) in [6.45, 7) is 0.912. The highest BCUT2D eigenvalue weighted by atomic mass is 16.5. The molecule has 0 saturated carbocycles. The average Bonchev–Trinajstić information content (AvgIpc) is 3.42. The number of furan rings is 1. The van der Waals surface area contributed by atoms with Crippen LogP contribution in [0.5, 0.6) is 17.2 Å². The van der Waals surface area contributed by atoms with Crippen LogP contribution in [-0.2, 0) is 6.54 Å². The number of nitrogens with one attached hydrogen (secondary N) is 1. The highest BCUT2D eigenvalue weighted by molar-refractivity contribution is 6.10. The maximum Gasteiger partial charge on any atom is 0.291 e. The summed E-state index contributed by atoms with van der Waals surface area (Å²) in [5.41, 5.74) is 7.11. The van der Waals surface area contributed by atoms with Crippen LogP contribution in [0.4, 0.5) is 11.6 Å². The van der Waals surface area contributed by atoms with Crippen molar-refractivity contribution in [3.8, 4) is 17.2 Å². The van der Waals surface area contributed by atoms with E-state index < -0.39 is 5.91 Å². The third kappa shape index (κ3) is 3.95. The number of rotatable bonds is 8. The highest BCUT2D eigenvalue weighted by Gasteiger charge is 2.32. The molecule has 0 aliphatic carbocycles. The van der Waals surface area contributed by atoms with Crippen LogP contribution in [0, 0.1) is 0 Å². The Hall–Kier alpha value is -4.05. The van der Waals surface area contributed by atoms with E-state index in [-0.39, 0.29) is 24.1 Å². The average molecular weight is 438 g/mol. The number of benzene rings is 1. The molecule has 0 spiro atoms. The lowest BCUT2D eigenvalue weighted by atomic mass is 10.1. The minimum absolute atomic E-state index is 0.0348. The van der Waals surface area contributed by atoms with E-state index in [9.17, 15) is 9.59 Å². The van der Waals surface area contributed by atoms with Gasteiger partial charge in [0.2, 0.25) is 5.88 Å². The summed E-state index contributed by atoms with van der Waals surface area (Å²) in [5, 5.41) is 2.70. The lowest BCUT2D eigenvalue weighted by Crippen LogP contribution is -2.22. The number of carbonyl (C=O) groups excluding carboxylic acids is 2. The number of nitrogens with zero attached hydrogens (tertiary/aromatic N) is 2. The number of fused-ring (bicyclic) bond motifs is 1. The molecule has 0 radical (unpaired) electrons. The van der Waals surface area contributed by atoms with Gasteiger partial charge >= 0.3 is 0 Å². The second-order valence-corrected chi connectivity index (χ2v) is 6.86. The zero-order valence-electron chi connectivity index (χ0n) is 17.6. The van der Waals surface area contributed by atoms with Crippen LogP contribution in [0.3, 0.4) is 0 Å². The van der Waals surface area contributed by atoms with Crippen molar-refractivity contribution in [1.82, 2.24) is 4.98 Å². The van der Waals surface area contributed by atoms with Gasteiger partial charge in [-0.05, 0) is 23.8 Å². The number of aromatic nitrogens is 1. The van der Waals surface area contributed by atoms with Gasteiger partial charge in [0, 0.05) is 30.4 Å². The van der Waals surface area contributed by atoms with Gasteiger partial charge in [-0.25, -0.2) is 0 Å². The summed E-state index contributed by atoms with van der Waals surface area (Å²) in [5.74, 6) is 0.960. The zero-order chi connectivity index (χ0) is 22.7. The maximum absolute atomic E-state index is 12.9. The fourth-order valence-corrected chi connectivity index (χ4v) is 3.37.